The molecule has 0 radical (unpaired) electrons. The van der Waals surface area contributed by atoms with Crippen LogP contribution in [0.3, 0.4) is 0 Å². The molecule has 0 saturated heterocycles. The molecule has 0 aliphatic rings. The Bertz CT molecular complexity index is 1710. The molecule has 5 rings (SSSR count). The average molecular weight is 611 g/mol. The number of β-amino-alcohol motifs (C(OH)–C–C–N with tert-alkyl or cyclic N) is 1. The van der Waals surface area contributed by atoms with E-state index in [0.29, 0.717) is 29.3 Å². The van der Waals surface area contributed by atoms with Crippen LogP contribution in [0.2, 0.25) is 0 Å². The maximum absolute atomic E-state index is 11.1. The molecule has 5 aromatic rings. The number of aromatic carboxylic acids is 1. The Hall–Kier alpha value is -5.19. The van der Waals surface area contributed by atoms with Crippen molar-refractivity contribution >= 4 is 22.8 Å². The van der Waals surface area contributed by atoms with E-state index in [9.17, 15) is 14.7 Å². The van der Waals surface area contributed by atoms with Gasteiger partial charge >= 0.3 is 5.97 Å². The number of amides is 1. The van der Waals surface area contributed by atoms with Crippen molar-refractivity contribution in [2.24, 2.45) is 5.73 Å². The number of fused-ring (bicyclic) bond motifs is 1. The number of aliphatic hydroxyl groups excluding tert-OH is 1. The second-order valence-corrected chi connectivity index (χ2v) is 11.3. The fourth-order valence-corrected chi connectivity index (χ4v) is 4.55. The Morgan fingerprint density at radius 2 is 1.76 bits per heavy atom. The number of nitrogens with one attached hydrogen (secondary N) is 2. The molecule has 2 aromatic heterocycles. The SMILES string of the molecule is CC(C)(Cc1ccc(Oc2ccc(C(N)=O)cn2)cc1)NC[C@H](O)COc1cccc2[nH]ccc12.Cc1cccc(C(=O)O)c1. The van der Waals surface area contributed by atoms with E-state index in [1.54, 1.807) is 30.3 Å². The minimum Gasteiger partial charge on any atom is -0.490 e. The molecule has 3 aromatic carbocycles. The summed E-state index contributed by atoms with van der Waals surface area (Å²) in [4.78, 5) is 28.8. The number of nitrogens with two attached hydrogens (primary N) is 1. The fourth-order valence-electron chi connectivity index (χ4n) is 4.55. The van der Waals surface area contributed by atoms with Crippen molar-refractivity contribution in [1.29, 1.82) is 0 Å². The van der Waals surface area contributed by atoms with Crippen LogP contribution in [0.4, 0.5) is 0 Å². The molecule has 6 N–H and O–H groups in total. The van der Waals surface area contributed by atoms with Crippen molar-refractivity contribution in [1.82, 2.24) is 15.3 Å². The van der Waals surface area contributed by atoms with Crippen LogP contribution in [-0.4, -0.2) is 56.9 Å². The van der Waals surface area contributed by atoms with Crippen LogP contribution in [0.15, 0.2) is 97.3 Å². The number of aromatic amines is 1. The van der Waals surface area contributed by atoms with E-state index in [1.807, 2.05) is 67.7 Å². The topological polar surface area (TPSA) is 160 Å². The third-order valence-electron chi connectivity index (χ3n) is 6.88. The van der Waals surface area contributed by atoms with Gasteiger partial charge in [-0.05, 0) is 81.3 Å². The second kappa shape index (κ2) is 15.0. The summed E-state index contributed by atoms with van der Waals surface area (Å²) in [7, 11) is 0. The molecule has 0 unspecified atom stereocenters. The number of hydrogen-bond donors (Lipinski definition) is 5. The molecule has 10 heteroatoms. The zero-order chi connectivity index (χ0) is 32.4. The molecule has 0 aliphatic heterocycles. The molecule has 0 spiro atoms. The number of carboxylic acid groups (broad SMARTS) is 1. The van der Waals surface area contributed by atoms with Gasteiger partial charge in [0.05, 0.1) is 11.1 Å². The van der Waals surface area contributed by atoms with Crippen LogP contribution in [0.5, 0.6) is 17.4 Å². The van der Waals surface area contributed by atoms with Crippen molar-refractivity contribution < 1.29 is 29.3 Å². The lowest BCUT2D eigenvalue weighted by Gasteiger charge is -2.28. The molecule has 1 amide bonds. The standard InChI is InChI=1S/C27H30N4O4.C8H8O2/c1-27(2,31-16-20(32)17-34-24-5-3-4-23-22(24)12-13-29-23)14-18-6-9-21(10-7-18)35-25-11-8-19(15-30-25)26(28)33;1-6-3-2-4-7(5-6)8(9)10/h3-13,15,20,29,31-32H,14,16-17H2,1-2H3,(H2,28,33);2-5H,1H3,(H,9,10)/t20-;/m0./s1. The van der Waals surface area contributed by atoms with Crippen molar-refractivity contribution in [2.45, 2.75) is 38.8 Å². The number of aryl methyl sites for hydroxylation is 1. The number of carbonyl (C=O) groups excluding carboxylic acids is 1. The number of benzene rings is 3. The molecule has 1 atom stereocenters. The summed E-state index contributed by atoms with van der Waals surface area (Å²) in [5.74, 6) is 0.378. The number of aromatic nitrogens is 2. The van der Waals surface area contributed by atoms with Gasteiger partial charge in [-0.2, -0.15) is 0 Å². The molecule has 0 bridgehead atoms. The van der Waals surface area contributed by atoms with E-state index in [-0.39, 0.29) is 12.1 Å². The third-order valence-corrected chi connectivity index (χ3v) is 6.88. The van der Waals surface area contributed by atoms with E-state index in [0.717, 1.165) is 34.2 Å². The van der Waals surface area contributed by atoms with Gasteiger partial charge in [0.15, 0.2) is 0 Å². The Morgan fingerprint density at radius 1 is 1.00 bits per heavy atom. The highest BCUT2D eigenvalue weighted by Gasteiger charge is 2.20. The lowest BCUT2D eigenvalue weighted by atomic mass is 9.94. The van der Waals surface area contributed by atoms with E-state index >= 15 is 0 Å². The summed E-state index contributed by atoms with van der Waals surface area (Å²) in [5, 5.41) is 23.4. The van der Waals surface area contributed by atoms with Gasteiger partial charge in [-0.1, -0.05) is 35.9 Å². The molecule has 2 heterocycles. The zero-order valence-corrected chi connectivity index (χ0v) is 25.5. The molecule has 234 valence electrons. The molecule has 45 heavy (non-hydrogen) atoms. The summed E-state index contributed by atoms with van der Waals surface area (Å²) < 4.78 is 11.6. The number of carbonyl (C=O) groups is 2. The first kappa shape index (κ1) is 32.7. The summed E-state index contributed by atoms with van der Waals surface area (Å²) >= 11 is 0. The first-order valence-electron chi connectivity index (χ1n) is 14.4. The van der Waals surface area contributed by atoms with Gasteiger partial charge in [0.1, 0.15) is 24.2 Å². The van der Waals surface area contributed by atoms with Crippen LogP contribution < -0.4 is 20.5 Å². The fraction of sp³-hybridized carbons (Fsp3) is 0.229. The number of rotatable bonds is 12. The second-order valence-electron chi connectivity index (χ2n) is 11.3. The largest absolute Gasteiger partial charge is 0.490 e. The van der Waals surface area contributed by atoms with Crippen molar-refractivity contribution in [3.8, 4) is 17.4 Å². The highest BCUT2D eigenvalue weighted by Crippen LogP contribution is 2.25. The molecular weight excluding hydrogens is 572 g/mol. The Labute approximate surface area is 261 Å². The number of pyridine rings is 1. The monoisotopic (exact) mass is 610 g/mol. The average Bonchev–Trinajstić information content (AvgIpc) is 3.50. The van der Waals surface area contributed by atoms with Crippen molar-refractivity contribution in [3.05, 3.63) is 120 Å². The van der Waals surface area contributed by atoms with Crippen LogP contribution in [0, 0.1) is 6.92 Å². The van der Waals surface area contributed by atoms with Crippen LogP contribution >= 0.6 is 0 Å². The van der Waals surface area contributed by atoms with Gasteiger partial charge in [0, 0.05) is 41.4 Å². The minimum absolute atomic E-state index is 0.202. The molecule has 0 fully saturated rings. The third kappa shape index (κ3) is 9.92. The number of hydrogen-bond acceptors (Lipinski definition) is 7. The Kier molecular flexibility index (Phi) is 10.9. The molecule has 0 saturated carbocycles. The number of H-pyrrole nitrogens is 1. The van der Waals surface area contributed by atoms with E-state index in [2.05, 4.69) is 29.1 Å². The predicted molar refractivity (Wildman–Crippen MR) is 173 cm³/mol. The van der Waals surface area contributed by atoms with Crippen LogP contribution in [0.1, 0.15) is 45.7 Å². The number of nitrogens with zero attached hydrogens (tertiary/aromatic N) is 1. The quantitative estimate of drug-likeness (QED) is 0.124. The highest BCUT2D eigenvalue weighted by atomic mass is 16.5. The van der Waals surface area contributed by atoms with Gasteiger partial charge in [0.2, 0.25) is 11.8 Å². The number of aliphatic hydroxyl groups is 1. The highest BCUT2D eigenvalue weighted by molar-refractivity contribution is 5.92. The predicted octanol–water partition coefficient (Wildman–Crippen LogP) is 5.50. The lowest BCUT2D eigenvalue weighted by molar-refractivity contribution is 0.0696. The maximum Gasteiger partial charge on any atom is 0.335 e. The van der Waals surface area contributed by atoms with Gasteiger partial charge in [-0.3, -0.25) is 4.79 Å². The van der Waals surface area contributed by atoms with Crippen LogP contribution in [0.25, 0.3) is 10.9 Å². The number of ether oxygens (including phenoxy) is 2. The minimum atomic E-state index is -0.872. The van der Waals surface area contributed by atoms with E-state index < -0.39 is 18.0 Å². The van der Waals surface area contributed by atoms with Crippen molar-refractivity contribution in [3.63, 3.8) is 0 Å². The van der Waals surface area contributed by atoms with Crippen LogP contribution in [-0.2, 0) is 6.42 Å². The van der Waals surface area contributed by atoms with Gasteiger partial charge in [-0.15, -0.1) is 0 Å². The van der Waals surface area contributed by atoms with E-state index in [4.69, 9.17) is 20.3 Å². The first-order valence-corrected chi connectivity index (χ1v) is 14.4. The van der Waals surface area contributed by atoms with E-state index in [1.165, 1.54) is 6.20 Å². The summed E-state index contributed by atoms with van der Waals surface area (Å²) in [6, 6.07) is 25.5. The normalized spacial score (nSPS) is 11.7. The molecular formula is C35H38N4O6. The summed E-state index contributed by atoms with van der Waals surface area (Å²) in [6.07, 6.45) is 3.37. The number of carboxylic acids is 1. The Balaban J connectivity index is 0.000000392. The molecule has 10 nitrogen and oxygen atoms in total. The van der Waals surface area contributed by atoms with Gasteiger partial charge in [0.25, 0.3) is 0 Å². The number of primary amides is 1. The lowest BCUT2D eigenvalue weighted by Crippen LogP contribution is -2.46. The van der Waals surface area contributed by atoms with Crippen molar-refractivity contribution in [2.75, 3.05) is 13.2 Å². The van der Waals surface area contributed by atoms with Gasteiger partial charge < -0.3 is 35.7 Å². The summed E-state index contributed by atoms with van der Waals surface area (Å²) in [6.45, 7) is 6.66. The summed E-state index contributed by atoms with van der Waals surface area (Å²) in [5.41, 5.74) is 8.77. The Morgan fingerprint density at radius 3 is 2.40 bits per heavy atom. The maximum atomic E-state index is 11.1. The smallest absolute Gasteiger partial charge is 0.335 e. The molecule has 0 aliphatic carbocycles. The van der Waals surface area contributed by atoms with Gasteiger partial charge in [-0.25, -0.2) is 9.78 Å². The zero-order valence-electron chi connectivity index (χ0n) is 25.5. The first-order chi connectivity index (χ1) is 21.5.